The molecule has 0 saturated heterocycles. The molecule has 0 aliphatic carbocycles. The Balaban J connectivity index is 1.85. The van der Waals surface area contributed by atoms with Gasteiger partial charge in [-0.1, -0.05) is 31.5 Å². The molecule has 0 unspecified atom stereocenters. The monoisotopic (exact) mass is 375 g/mol. The minimum Gasteiger partial charge on any atom is -0.318 e. The standard InChI is InChI=1S/C23H25N3O2/c1-4-5-7-19-10-12-21(13-11-19)24-16-20-14-17(2)25(18(20)3)22-8-6-9-23(15-22)26(27)28/h6,8-16H,4-5,7H2,1-3H3. The molecule has 0 fully saturated rings. The van der Waals surface area contributed by atoms with Gasteiger partial charge in [0.05, 0.1) is 16.3 Å². The zero-order valence-electron chi connectivity index (χ0n) is 16.6. The number of aryl methyl sites for hydroxylation is 2. The van der Waals surface area contributed by atoms with Crippen LogP contribution in [0.2, 0.25) is 0 Å². The van der Waals surface area contributed by atoms with Crippen LogP contribution in [0.25, 0.3) is 5.69 Å². The number of unbranched alkanes of at least 4 members (excludes halogenated alkanes) is 1. The van der Waals surface area contributed by atoms with Crippen LogP contribution in [0.3, 0.4) is 0 Å². The Labute approximate surface area is 165 Å². The fourth-order valence-electron chi connectivity index (χ4n) is 3.33. The first-order chi connectivity index (χ1) is 13.5. The summed E-state index contributed by atoms with van der Waals surface area (Å²) >= 11 is 0. The molecular weight excluding hydrogens is 350 g/mol. The van der Waals surface area contributed by atoms with E-state index in [1.165, 1.54) is 24.5 Å². The van der Waals surface area contributed by atoms with Crippen molar-refractivity contribution in [2.45, 2.75) is 40.0 Å². The number of hydrogen-bond donors (Lipinski definition) is 0. The van der Waals surface area contributed by atoms with E-state index in [9.17, 15) is 10.1 Å². The van der Waals surface area contributed by atoms with Crippen molar-refractivity contribution in [1.29, 1.82) is 0 Å². The minimum atomic E-state index is -0.371. The van der Waals surface area contributed by atoms with Crippen molar-refractivity contribution < 1.29 is 4.92 Å². The van der Waals surface area contributed by atoms with E-state index < -0.39 is 0 Å². The molecule has 0 saturated carbocycles. The fraction of sp³-hybridized carbons (Fsp3) is 0.261. The SMILES string of the molecule is CCCCc1ccc(N=Cc2cc(C)n(-c3cccc([N+](=O)[O-])c3)c2C)cc1. The zero-order valence-corrected chi connectivity index (χ0v) is 16.6. The van der Waals surface area contributed by atoms with Crippen LogP contribution < -0.4 is 0 Å². The smallest absolute Gasteiger partial charge is 0.271 e. The molecule has 5 heteroatoms. The van der Waals surface area contributed by atoms with Crippen molar-refractivity contribution in [1.82, 2.24) is 4.57 Å². The van der Waals surface area contributed by atoms with Crippen molar-refractivity contribution in [2.24, 2.45) is 4.99 Å². The Morgan fingerprint density at radius 3 is 2.54 bits per heavy atom. The van der Waals surface area contributed by atoms with E-state index in [1.54, 1.807) is 12.1 Å². The maximum atomic E-state index is 11.1. The molecule has 1 heterocycles. The molecule has 0 aliphatic rings. The third-order valence-electron chi connectivity index (χ3n) is 4.88. The van der Waals surface area contributed by atoms with Crippen LogP contribution in [0.1, 0.15) is 42.3 Å². The lowest BCUT2D eigenvalue weighted by atomic mass is 10.1. The van der Waals surface area contributed by atoms with E-state index >= 15 is 0 Å². The van der Waals surface area contributed by atoms with Crippen molar-refractivity contribution >= 4 is 17.6 Å². The molecule has 0 N–H and O–H groups in total. The van der Waals surface area contributed by atoms with Crippen LogP contribution >= 0.6 is 0 Å². The zero-order chi connectivity index (χ0) is 20.1. The summed E-state index contributed by atoms with van der Waals surface area (Å²) < 4.78 is 2.02. The second-order valence-corrected chi connectivity index (χ2v) is 6.97. The van der Waals surface area contributed by atoms with Crippen molar-refractivity contribution in [3.05, 3.63) is 87.2 Å². The molecule has 28 heavy (non-hydrogen) atoms. The minimum absolute atomic E-state index is 0.0865. The van der Waals surface area contributed by atoms with Gasteiger partial charge in [0.2, 0.25) is 0 Å². The number of aromatic nitrogens is 1. The molecule has 0 atom stereocenters. The summed E-state index contributed by atoms with van der Waals surface area (Å²) in [5.74, 6) is 0. The van der Waals surface area contributed by atoms with Crippen LogP contribution in [-0.4, -0.2) is 15.7 Å². The number of nitro benzene ring substituents is 1. The van der Waals surface area contributed by atoms with Gasteiger partial charge in [-0.25, -0.2) is 0 Å². The molecule has 1 aromatic heterocycles. The highest BCUT2D eigenvalue weighted by molar-refractivity contribution is 5.84. The number of aliphatic imine (C=N–C) groups is 1. The topological polar surface area (TPSA) is 60.4 Å². The van der Waals surface area contributed by atoms with Crippen LogP contribution in [0, 0.1) is 24.0 Å². The van der Waals surface area contributed by atoms with Gasteiger partial charge in [0.1, 0.15) is 0 Å². The highest BCUT2D eigenvalue weighted by atomic mass is 16.6. The number of hydrogen-bond acceptors (Lipinski definition) is 3. The summed E-state index contributed by atoms with van der Waals surface area (Å²) in [5, 5.41) is 11.1. The van der Waals surface area contributed by atoms with E-state index in [0.717, 1.165) is 34.7 Å². The molecule has 3 aromatic rings. The second-order valence-electron chi connectivity index (χ2n) is 6.97. The molecular formula is C23H25N3O2. The van der Waals surface area contributed by atoms with E-state index in [-0.39, 0.29) is 10.6 Å². The van der Waals surface area contributed by atoms with E-state index in [4.69, 9.17) is 0 Å². The van der Waals surface area contributed by atoms with Gasteiger partial charge in [-0.15, -0.1) is 0 Å². The van der Waals surface area contributed by atoms with Gasteiger partial charge in [-0.2, -0.15) is 0 Å². The Bertz CT molecular complexity index is 1000. The summed E-state index contributed by atoms with van der Waals surface area (Å²) in [4.78, 5) is 15.3. The highest BCUT2D eigenvalue weighted by Crippen LogP contribution is 2.23. The van der Waals surface area contributed by atoms with Crippen LogP contribution in [0.4, 0.5) is 11.4 Å². The molecule has 0 aliphatic heterocycles. The summed E-state index contributed by atoms with van der Waals surface area (Å²) in [7, 11) is 0. The number of benzene rings is 2. The van der Waals surface area contributed by atoms with Crippen LogP contribution in [0.5, 0.6) is 0 Å². The molecule has 0 amide bonds. The number of non-ortho nitro benzene ring substituents is 1. The number of nitro groups is 1. The first kappa shape index (κ1) is 19.5. The molecule has 0 spiro atoms. The maximum absolute atomic E-state index is 11.1. The highest BCUT2D eigenvalue weighted by Gasteiger charge is 2.12. The molecule has 0 radical (unpaired) electrons. The first-order valence-electron chi connectivity index (χ1n) is 9.56. The lowest BCUT2D eigenvalue weighted by Crippen LogP contribution is -2.00. The van der Waals surface area contributed by atoms with Gasteiger partial charge >= 0.3 is 0 Å². The Hall–Kier alpha value is -3.21. The average molecular weight is 375 g/mol. The van der Waals surface area contributed by atoms with Gasteiger partial charge in [-0.3, -0.25) is 15.1 Å². The molecule has 5 nitrogen and oxygen atoms in total. The lowest BCUT2D eigenvalue weighted by molar-refractivity contribution is -0.384. The normalized spacial score (nSPS) is 11.2. The van der Waals surface area contributed by atoms with Crippen molar-refractivity contribution in [3.63, 3.8) is 0 Å². The van der Waals surface area contributed by atoms with E-state index in [0.29, 0.717) is 0 Å². The van der Waals surface area contributed by atoms with Gasteiger partial charge in [0, 0.05) is 35.3 Å². The third-order valence-corrected chi connectivity index (χ3v) is 4.88. The summed E-state index contributed by atoms with van der Waals surface area (Å²) in [5.41, 5.74) is 6.13. The van der Waals surface area contributed by atoms with Crippen LogP contribution in [-0.2, 0) is 6.42 Å². The van der Waals surface area contributed by atoms with E-state index in [1.807, 2.05) is 48.9 Å². The second kappa shape index (κ2) is 8.65. The summed E-state index contributed by atoms with van der Waals surface area (Å²) in [6.45, 7) is 6.19. The molecule has 0 bridgehead atoms. The Morgan fingerprint density at radius 1 is 1.11 bits per heavy atom. The lowest BCUT2D eigenvalue weighted by Gasteiger charge is -2.09. The quantitative estimate of drug-likeness (QED) is 0.285. The number of nitrogens with zero attached hydrogens (tertiary/aromatic N) is 3. The van der Waals surface area contributed by atoms with Crippen LogP contribution in [0.15, 0.2) is 59.6 Å². The first-order valence-corrected chi connectivity index (χ1v) is 9.56. The largest absolute Gasteiger partial charge is 0.318 e. The van der Waals surface area contributed by atoms with Gasteiger partial charge < -0.3 is 4.57 Å². The predicted octanol–water partition coefficient (Wildman–Crippen LogP) is 6.10. The van der Waals surface area contributed by atoms with Gasteiger partial charge in [0.15, 0.2) is 0 Å². The maximum Gasteiger partial charge on any atom is 0.271 e. The van der Waals surface area contributed by atoms with Gasteiger partial charge in [-0.05, 0) is 56.5 Å². The van der Waals surface area contributed by atoms with Gasteiger partial charge in [0.25, 0.3) is 5.69 Å². The third kappa shape index (κ3) is 4.36. The summed E-state index contributed by atoms with van der Waals surface area (Å²) in [6, 6.07) is 17.1. The van der Waals surface area contributed by atoms with Crippen molar-refractivity contribution in [2.75, 3.05) is 0 Å². The number of rotatable bonds is 7. The van der Waals surface area contributed by atoms with Crippen molar-refractivity contribution in [3.8, 4) is 5.69 Å². The Kier molecular flexibility index (Phi) is 6.04. The molecule has 2 aromatic carbocycles. The predicted molar refractivity (Wildman–Crippen MR) is 114 cm³/mol. The molecule has 3 rings (SSSR count). The fourth-order valence-corrected chi connectivity index (χ4v) is 3.33. The Morgan fingerprint density at radius 2 is 1.86 bits per heavy atom. The molecule has 144 valence electrons. The van der Waals surface area contributed by atoms with E-state index in [2.05, 4.69) is 24.0 Å². The summed E-state index contributed by atoms with van der Waals surface area (Å²) in [6.07, 6.45) is 5.36. The average Bonchev–Trinajstić information content (AvgIpc) is 2.99.